The highest BCUT2D eigenvalue weighted by molar-refractivity contribution is 5.78. The fourth-order valence-corrected chi connectivity index (χ4v) is 9.45. The largest absolute Gasteiger partial charge is 0.478 e. The number of aliphatic imine (C=N–C) groups is 1. The lowest BCUT2D eigenvalue weighted by molar-refractivity contribution is -0.189. The normalized spacial score (nSPS) is 45.8. The molecule has 0 N–H and O–H groups in total. The zero-order valence-electron chi connectivity index (χ0n) is 22.2. The van der Waals surface area contributed by atoms with Gasteiger partial charge >= 0.3 is 0 Å². The first kappa shape index (κ1) is 25.1. The molecule has 6 heteroatoms. The Morgan fingerprint density at radius 3 is 2.40 bits per heavy atom. The van der Waals surface area contributed by atoms with E-state index in [4.69, 9.17) is 19.2 Å². The first-order valence-corrected chi connectivity index (χ1v) is 14.1. The molecule has 0 amide bonds. The number of rotatable bonds is 8. The SMILES string of the molecule is CC1(C)COC(CCC[C@H]2CC[C@H]3[C@@H]4[C@@H](OC=O)C[C@@H]5C[C@H](OC=O)CC[C@]5(C)[C@H]4CC[C@]23C)=N1. The van der Waals surface area contributed by atoms with Crippen molar-refractivity contribution in [1.29, 1.82) is 0 Å². The maximum absolute atomic E-state index is 11.6. The molecule has 4 fully saturated rings. The van der Waals surface area contributed by atoms with Crippen LogP contribution in [0.25, 0.3) is 0 Å². The van der Waals surface area contributed by atoms with Gasteiger partial charge in [-0.1, -0.05) is 13.8 Å². The van der Waals surface area contributed by atoms with Gasteiger partial charge in [0.25, 0.3) is 12.9 Å². The van der Waals surface area contributed by atoms with Crippen LogP contribution in [-0.4, -0.2) is 43.2 Å². The van der Waals surface area contributed by atoms with Gasteiger partial charge < -0.3 is 14.2 Å². The van der Waals surface area contributed by atoms with Crippen LogP contribution in [0.1, 0.15) is 98.3 Å². The Labute approximate surface area is 210 Å². The van der Waals surface area contributed by atoms with Gasteiger partial charge in [-0.3, -0.25) is 9.59 Å². The second kappa shape index (κ2) is 9.37. The van der Waals surface area contributed by atoms with Crippen LogP contribution in [0, 0.1) is 40.4 Å². The van der Waals surface area contributed by atoms with Crippen LogP contribution in [0.15, 0.2) is 4.99 Å². The number of carbonyl (C=O) groups is 2. The van der Waals surface area contributed by atoms with Gasteiger partial charge in [0.2, 0.25) is 0 Å². The fourth-order valence-electron chi connectivity index (χ4n) is 9.45. The van der Waals surface area contributed by atoms with E-state index >= 15 is 0 Å². The summed E-state index contributed by atoms with van der Waals surface area (Å²) in [6, 6.07) is 0. The molecule has 35 heavy (non-hydrogen) atoms. The van der Waals surface area contributed by atoms with E-state index < -0.39 is 0 Å². The summed E-state index contributed by atoms with van der Waals surface area (Å²) in [7, 11) is 0. The number of nitrogens with zero attached hydrogens (tertiary/aromatic N) is 1. The van der Waals surface area contributed by atoms with E-state index in [-0.39, 0.29) is 23.2 Å². The minimum Gasteiger partial charge on any atom is -0.478 e. The molecule has 6 nitrogen and oxygen atoms in total. The van der Waals surface area contributed by atoms with E-state index in [0.29, 0.717) is 48.6 Å². The molecule has 0 aromatic rings. The predicted molar refractivity (Wildman–Crippen MR) is 134 cm³/mol. The molecule has 1 heterocycles. The minimum absolute atomic E-state index is 0.00240. The van der Waals surface area contributed by atoms with Gasteiger partial charge in [-0.25, -0.2) is 4.99 Å². The molecule has 4 saturated carbocycles. The molecule has 9 atom stereocenters. The maximum Gasteiger partial charge on any atom is 0.293 e. The Kier molecular flexibility index (Phi) is 6.71. The van der Waals surface area contributed by atoms with Crippen LogP contribution in [0.4, 0.5) is 0 Å². The van der Waals surface area contributed by atoms with Crippen molar-refractivity contribution in [2.24, 2.45) is 45.4 Å². The lowest BCUT2D eigenvalue weighted by Gasteiger charge is -2.62. The zero-order chi connectivity index (χ0) is 24.8. The molecule has 1 aliphatic heterocycles. The summed E-state index contributed by atoms with van der Waals surface area (Å²) in [6.07, 6.45) is 12.3. The number of hydrogen-bond donors (Lipinski definition) is 0. The van der Waals surface area contributed by atoms with E-state index in [0.717, 1.165) is 50.3 Å². The van der Waals surface area contributed by atoms with E-state index in [1.807, 2.05) is 0 Å². The fraction of sp³-hybridized carbons (Fsp3) is 0.897. The van der Waals surface area contributed by atoms with Crippen LogP contribution >= 0.6 is 0 Å². The van der Waals surface area contributed by atoms with E-state index in [1.165, 1.54) is 32.1 Å². The van der Waals surface area contributed by atoms with Gasteiger partial charge in [-0.15, -0.1) is 0 Å². The summed E-state index contributed by atoms with van der Waals surface area (Å²) in [5.74, 6) is 3.78. The molecule has 0 aromatic carbocycles. The topological polar surface area (TPSA) is 74.2 Å². The smallest absolute Gasteiger partial charge is 0.293 e. The third kappa shape index (κ3) is 4.41. The molecule has 0 radical (unpaired) electrons. The highest BCUT2D eigenvalue weighted by Gasteiger charge is 2.63. The molecule has 0 aromatic heterocycles. The van der Waals surface area contributed by atoms with Crippen LogP contribution in [0.2, 0.25) is 0 Å². The van der Waals surface area contributed by atoms with Gasteiger partial charge in [0.05, 0.1) is 5.54 Å². The van der Waals surface area contributed by atoms with Crippen molar-refractivity contribution in [2.45, 2.75) is 116 Å². The summed E-state index contributed by atoms with van der Waals surface area (Å²) in [6.45, 7) is 11.3. The van der Waals surface area contributed by atoms with Gasteiger partial charge in [0, 0.05) is 12.3 Å². The maximum atomic E-state index is 11.6. The second-order valence-electron chi connectivity index (χ2n) is 13.4. The number of carbonyl (C=O) groups excluding carboxylic acids is 2. The summed E-state index contributed by atoms with van der Waals surface area (Å²) < 4.78 is 17.1. The molecule has 5 aliphatic rings. The average Bonchev–Trinajstić information content (AvgIpc) is 3.33. The summed E-state index contributed by atoms with van der Waals surface area (Å²) in [5.41, 5.74) is 0.504. The number of fused-ring (bicyclic) bond motifs is 5. The van der Waals surface area contributed by atoms with Crippen LogP contribution < -0.4 is 0 Å². The summed E-state index contributed by atoms with van der Waals surface area (Å²) >= 11 is 0. The Morgan fingerprint density at radius 1 is 0.943 bits per heavy atom. The van der Waals surface area contributed by atoms with E-state index in [1.54, 1.807) is 0 Å². The van der Waals surface area contributed by atoms with Crippen molar-refractivity contribution in [2.75, 3.05) is 6.61 Å². The third-order valence-electron chi connectivity index (χ3n) is 11.2. The summed E-state index contributed by atoms with van der Waals surface area (Å²) in [4.78, 5) is 27.3. The second-order valence-corrected chi connectivity index (χ2v) is 13.4. The van der Waals surface area contributed by atoms with Crippen LogP contribution in [-0.2, 0) is 23.8 Å². The van der Waals surface area contributed by atoms with Gasteiger partial charge in [0.15, 0.2) is 5.90 Å². The molecule has 0 unspecified atom stereocenters. The predicted octanol–water partition coefficient (Wildman–Crippen LogP) is 5.72. The molecule has 0 spiro atoms. The number of hydrogen-bond acceptors (Lipinski definition) is 6. The highest BCUT2D eigenvalue weighted by atomic mass is 16.5. The third-order valence-corrected chi connectivity index (χ3v) is 11.2. The zero-order valence-corrected chi connectivity index (χ0v) is 22.2. The number of ether oxygens (including phenoxy) is 3. The molecule has 196 valence electrons. The Bertz CT molecular complexity index is 841. The van der Waals surface area contributed by atoms with Crippen LogP contribution in [0.5, 0.6) is 0 Å². The molecule has 0 bridgehead atoms. The quantitative estimate of drug-likeness (QED) is 0.410. The lowest BCUT2D eigenvalue weighted by Crippen LogP contribution is -2.59. The lowest BCUT2D eigenvalue weighted by atomic mass is 9.44. The highest BCUT2D eigenvalue weighted by Crippen LogP contribution is 2.68. The van der Waals surface area contributed by atoms with Crippen LogP contribution in [0.3, 0.4) is 0 Å². The van der Waals surface area contributed by atoms with E-state index in [9.17, 15) is 9.59 Å². The van der Waals surface area contributed by atoms with Crippen molar-refractivity contribution >= 4 is 18.8 Å². The molecule has 0 saturated heterocycles. The van der Waals surface area contributed by atoms with Gasteiger partial charge in [0.1, 0.15) is 18.8 Å². The monoisotopic (exact) mass is 487 g/mol. The first-order valence-electron chi connectivity index (χ1n) is 14.1. The van der Waals surface area contributed by atoms with Crippen molar-refractivity contribution in [3.63, 3.8) is 0 Å². The average molecular weight is 488 g/mol. The van der Waals surface area contributed by atoms with Gasteiger partial charge in [-0.05, 0) is 113 Å². The molecular formula is C29H45NO5. The van der Waals surface area contributed by atoms with E-state index in [2.05, 4.69) is 27.7 Å². The van der Waals surface area contributed by atoms with Crippen molar-refractivity contribution in [3.05, 3.63) is 0 Å². The molecule has 5 rings (SSSR count). The first-order chi connectivity index (χ1) is 16.7. The Hall–Kier alpha value is -1.59. The van der Waals surface area contributed by atoms with Crippen molar-refractivity contribution < 1.29 is 23.8 Å². The Morgan fingerprint density at radius 2 is 1.69 bits per heavy atom. The molecule has 4 aliphatic carbocycles. The standard InChI is InChI=1S/C29H45NO5/c1-27(2)16-33-25(30-27)7-5-6-19-8-9-22-26-23(11-13-28(19,22)3)29(4)12-10-21(34-17-31)14-20(29)15-24(26)35-18-32/h17-24,26H,5-16H2,1-4H3/t19-,20-,21+,22-,23-,24-,26-,28+,29-/m0/s1. The molecular weight excluding hydrogens is 442 g/mol. The van der Waals surface area contributed by atoms with Gasteiger partial charge in [-0.2, -0.15) is 0 Å². The van der Waals surface area contributed by atoms with Crippen molar-refractivity contribution in [1.82, 2.24) is 0 Å². The minimum atomic E-state index is -0.0702. The summed E-state index contributed by atoms with van der Waals surface area (Å²) in [5, 5.41) is 0. The Balaban J connectivity index is 1.30. The van der Waals surface area contributed by atoms with Crippen molar-refractivity contribution in [3.8, 4) is 0 Å².